The zero-order valence-electron chi connectivity index (χ0n) is 23.8. The van der Waals surface area contributed by atoms with Gasteiger partial charge in [0.2, 0.25) is 0 Å². The number of hydrogen-bond acceptors (Lipinski definition) is 2. The van der Waals surface area contributed by atoms with Crippen LogP contribution in [0.25, 0.3) is 22.1 Å². The second-order valence-electron chi connectivity index (χ2n) is 11.3. The van der Waals surface area contributed by atoms with Crippen molar-refractivity contribution in [3.8, 4) is 0 Å². The van der Waals surface area contributed by atoms with Crippen LogP contribution >= 0.6 is 11.8 Å². The van der Waals surface area contributed by atoms with Crippen molar-refractivity contribution < 1.29 is 4.42 Å². The Morgan fingerprint density at radius 1 is 0.622 bits per heavy atom. The predicted octanol–water partition coefficient (Wildman–Crippen LogP) is 10.1. The SMILES string of the molecule is CC1=C(C)c2c(C)c(C)c(C)c(C)c2C2(C=CSc3cc4occc4cc32)c2c(C)c(C)c(C)c(C)c21. The summed E-state index contributed by atoms with van der Waals surface area (Å²) in [6, 6.07) is 6.77. The third-order valence-electron chi connectivity index (χ3n) is 9.97. The molecule has 6 rings (SSSR count). The van der Waals surface area contributed by atoms with Crippen molar-refractivity contribution >= 4 is 33.9 Å². The molecular formula is C35H36OS. The number of hydrogen-bond donors (Lipinski definition) is 0. The third-order valence-corrected chi connectivity index (χ3v) is 10.8. The van der Waals surface area contributed by atoms with E-state index in [0.29, 0.717) is 0 Å². The number of fused-ring (bicyclic) bond motifs is 7. The molecule has 188 valence electrons. The molecule has 2 heteroatoms. The minimum atomic E-state index is -0.393. The molecule has 1 spiro atoms. The molecule has 0 radical (unpaired) electrons. The Kier molecular flexibility index (Phi) is 5.28. The van der Waals surface area contributed by atoms with E-state index >= 15 is 0 Å². The molecule has 0 fully saturated rings. The van der Waals surface area contributed by atoms with E-state index in [4.69, 9.17) is 4.42 Å². The minimum Gasteiger partial charge on any atom is -0.464 e. The highest BCUT2D eigenvalue weighted by atomic mass is 32.2. The number of thioether (sulfide) groups is 1. The molecule has 1 nitrogen and oxygen atoms in total. The first kappa shape index (κ1) is 24.4. The van der Waals surface area contributed by atoms with Crippen molar-refractivity contribution in [3.63, 3.8) is 0 Å². The van der Waals surface area contributed by atoms with Gasteiger partial charge in [0.05, 0.1) is 11.7 Å². The van der Waals surface area contributed by atoms with Crippen LogP contribution in [0.3, 0.4) is 0 Å². The fourth-order valence-electron chi connectivity index (χ4n) is 7.18. The van der Waals surface area contributed by atoms with Crippen LogP contribution in [0, 0.1) is 55.4 Å². The molecule has 1 aliphatic heterocycles. The third kappa shape index (κ3) is 2.94. The van der Waals surface area contributed by atoms with Gasteiger partial charge in [-0.05, 0) is 176 Å². The van der Waals surface area contributed by atoms with Gasteiger partial charge in [0.1, 0.15) is 5.58 Å². The van der Waals surface area contributed by atoms with Crippen LogP contribution in [0.5, 0.6) is 0 Å². The second kappa shape index (κ2) is 8.01. The normalized spacial score (nSPS) is 15.7. The molecule has 0 N–H and O–H groups in total. The largest absolute Gasteiger partial charge is 0.464 e. The zero-order valence-corrected chi connectivity index (χ0v) is 24.6. The first-order valence-corrected chi connectivity index (χ1v) is 14.2. The summed E-state index contributed by atoms with van der Waals surface area (Å²) in [6.07, 6.45) is 4.33. The lowest BCUT2D eigenvalue weighted by Gasteiger charge is -2.42. The first-order valence-electron chi connectivity index (χ1n) is 13.3. The van der Waals surface area contributed by atoms with Crippen molar-refractivity contribution in [2.24, 2.45) is 0 Å². The van der Waals surface area contributed by atoms with Gasteiger partial charge in [0.15, 0.2) is 0 Å². The van der Waals surface area contributed by atoms with Crippen LogP contribution in [0.1, 0.15) is 86.2 Å². The van der Waals surface area contributed by atoms with Gasteiger partial charge in [-0.1, -0.05) is 17.8 Å². The Hall–Kier alpha value is -2.97. The topological polar surface area (TPSA) is 13.1 Å². The molecule has 0 bridgehead atoms. The number of benzene rings is 3. The molecule has 0 amide bonds. The van der Waals surface area contributed by atoms with Crippen molar-refractivity contribution in [3.05, 3.63) is 108 Å². The van der Waals surface area contributed by atoms with Crippen LogP contribution in [-0.4, -0.2) is 0 Å². The van der Waals surface area contributed by atoms with Crippen LogP contribution in [0.15, 0.2) is 45.3 Å². The summed E-state index contributed by atoms with van der Waals surface area (Å²) < 4.78 is 5.87. The van der Waals surface area contributed by atoms with Crippen LogP contribution in [-0.2, 0) is 5.41 Å². The number of allylic oxidation sites excluding steroid dienone is 3. The zero-order chi connectivity index (χ0) is 26.5. The Morgan fingerprint density at radius 2 is 1.14 bits per heavy atom. The van der Waals surface area contributed by atoms with E-state index in [1.54, 1.807) is 0 Å². The minimum absolute atomic E-state index is 0.393. The van der Waals surface area contributed by atoms with Crippen LogP contribution < -0.4 is 0 Å². The van der Waals surface area contributed by atoms with Gasteiger partial charge < -0.3 is 4.42 Å². The van der Waals surface area contributed by atoms with Gasteiger partial charge in [-0.2, -0.15) is 0 Å². The van der Waals surface area contributed by atoms with Gasteiger partial charge in [0, 0.05) is 10.3 Å². The molecule has 4 aromatic rings. The average Bonchev–Trinajstić information content (AvgIpc) is 3.32. The Bertz CT molecular complexity index is 1660. The first-order chi connectivity index (χ1) is 17.5. The summed E-state index contributed by atoms with van der Waals surface area (Å²) in [5.74, 6) is 0. The molecule has 0 saturated carbocycles. The van der Waals surface area contributed by atoms with E-state index in [1.807, 2.05) is 18.0 Å². The fourth-order valence-corrected chi connectivity index (χ4v) is 8.12. The maximum absolute atomic E-state index is 5.87. The summed E-state index contributed by atoms with van der Waals surface area (Å²) in [7, 11) is 0. The summed E-state index contributed by atoms with van der Waals surface area (Å²) >= 11 is 1.81. The molecule has 1 aromatic heterocycles. The smallest absolute Gasteiger partial charge is 0.134 e. The Labute approximate surface area is 225 Å². The molecule has 1 aliphatic carbocycles. The summed E-state index contributed by atoms with van der Waals surface area (Å²) in [4.78, 5) is 1.28. The fraction of sp³-hybridized carbons (Fsp3) is 0.314. The standard InChI is InChI=1S/C35H36OS/c1-17-19(3)25(9)33-31(21(17)5)23(7)24(8)32-22(6)18(2)20(4)26(10)34(32)35(33)12-14-37-30-16-29-27(11-13-36-29)15-28(30)35/h11-16H,1-10H3. The van der Waals surface area contributed by atoms with E-state index in [1.165, 1.54) is 93.8 Å². The van der Waals surface area contributed by atoms with Gasteiger partial charge in [0.25, 0.3) is 0 Å². The molecule has 0 atom stereocenters. The maximum atomic E-state index is 5.87. The van der Waals surface area contributed by atoms with Gasteiger partial charge in [-0.15, -0.1) is 0 Å². The summed E-state index contributed by atoms with van der Waals surface area (Å²) in [5, 5.41) is 3.49. The molecule has 2 aliphatic rings. The van der Waals surface area contributed by atoms with Crippen LogP contribution in [0.4, 0.5) is 0 Å². The van der Waals surface area contributed by atoms with E-state index in [9.17, 15) is 0 Å². The lowest BCUT2D eigenvalue weighted by molar-refractivity contribution is 0.614. The Morgan fingerprint density at radius 3 is 1.68 bits per heavy atom. The highest BCUT2D eigenvalue weighted by Crippen LogP contribution is 2.58. The monoisotopic (exact) mass is 504 g/mol. The van der Waals surface area contributed by atoms with Crippen molar-refractivity contribution in [2.45, 2.75) is 79.5 Å². The quantitative estimate of drug-likeness (QED) is 0.236. The van der Waals surface area contributed by atoms with E-state index in [-0.39, 0.29) is 0 Å². The Balaban J connectivity index is 1.97. The van der Waals surface area contributed by atoms with Crippen molar-refractivity contribution in [1.29, 1.82) is 0 Å². The lowest BCUT2D eigenvalue weighted by Crippen LogP contribution is -2.34. The van der Waals surface area contributed by atoms with E-state index in [2.05, 4.69) is 98.9 Å². The van der Waals surface area contributed by atoms with Gasteiger partial charge in [-0.25, -0.2) is 0 Å². The van der Waals surface area contributed by atoms with E-state index < -0.39 is 5.41 Å². The lowest BCUT2D eigenvalue weighted by atomic mass is 9.62. The van der Waals surface area contributed by atoms with E-state index in [0.717, 1.165) is 5.58 Å². The molecule has 37 heavy (non-hydrogen) atoms. The molecular weight excluding hydrogens is 468 g/mol. The van der Waals surface area contributed by atoms with Crippen molar-refractivity contribution in [1.82, 2.24) is 0 Å². The van der Waals surface area contributed by atoms with Crippen molar-refractivity contribution in [2.75, 3.05) is 0 Å². The average molecular weight is 505 g/mol. The van der Waals surface area contributed by atoms with Crippen LogP contribution in [0.2, 0.25) is 0 Å². The summed E-state index contributed by atoms with van der Waals surface area (Å²) in [5.41, 5.74) is 21.7. The van der Waals surface area contributed by atoms with Gasteiger partial charge in [-0.3, -0.25) is 0 Å². The molecule has 0 unspecified atom stereocenters. The maximum Gasteiger partial charge on any atom is 0.134 e. The summed E-state index contributed by atoms with van der Waals surface area (Å²) in [6.45, 7) is 23.3. The molecule has 2 heterocycles. The number of furan rings is 1. The number of rotatable bonds is 0. The second-order valence-corrected chi connectivity index (χ2v) is 12.2. The molecule has 0 saturated heterocycles. The molecule has 3 aromatic carbocycles. The van der Waals surface area contributed by atoms with Gasteiger partial charge >= 0.3 is 0 Å². The highest BCUT2D eigenvalue weighted by molar-refractivity contribution is 8.02. The highest BCUT2D eigenvalue weighted by Gasteiger charge is 2.46. The predicted molar refractivity (Wildman–Crippen MR) is 160 cm³/mol.